The van der Waals surface area contributed by atoms with Crippen molar-refractivity contribution in [1.29, 1.82) is 0 Å². The van der Waals surface area contributed by atoms with Crippen LogP contribution in [0.25, 0.3) is 0 Å². The number of non-ortho nitro benzene ring substituents is 1. The highest BCUT2D eigenvalue weighted by Crippen LogP contribution is 2.22. The molecule has 1 aromatic rings. The van der Waals surface area contributed by atoms with Gasteiger partial charge in [-0.05, 0) is 6.07 Å². The molecule has 1 fully saturated rings. The number of nitrogens with zero attached hydrogens (tertiary/aromatic N) is 1. The zero-order valence-corrected chi connectivity index (χ0v) is 12.5. The van der Waals surface area contributed by atoms with Gasteiger partial charge in [-0.1, -0.05) is 11.6 Å². The molecule has 0 spiro atoms. The number of nitrogens with one attached hydrogen (secondary N) is 2. The third-order valence-electron chi connectivity index (χ3n) is 3.24. The molecule has 116 valence electrons. The zero-order valence-electron chi connectivity index (χ0n) is 10.9. The monoisotopic (exact) mass is 335 g/mol. The van der Waals surface area contributed by atoms with Gasteiger partial charge in [-0.15, -0.1) is 12.4 Å². The van der Waals surface area contributed by atoms with Crippen molar-refractivity contribution < 1.29 is 14.8 Å². The largest absolute Gasteiger partial charge is 0.391 e. The van der Waals surface area contributed by atoms with Crippen LogP contribution in [0.15, 0.2) is 18.2 Å². The molecule has 0 radical (unpaired) electrons. The molecule has 21 heavy (non-hydrogen) atoms. The number of benzene rings is 1. The van der Waals surface area contributed by atoms with Crippen molar-refractivity contribution >= 4 is 35.6 Å². The molecule has 1 saturated heterocycles. The van der Waals surface area contributed by atoms with Crippen molar-refractivity contribution in [3.63, 3.8) is 0 Å². The van der Waals surface area contributed by atoms with E-state index in [2.05, 4.69) is 10.6 Å². The topological polar surface area (TPSA) is 104 Å². The number of nitro benzene ring substituents is 1. The molecule has 2 atom stereocenters. The van der Waals surface area contributed by atoms with Gasteiger partial charge in [0.05, 0.1) is 21.6 Å². The molecule has 7 nitrogen and oxygen atoms in total. The highest BCUT2D eigenvalue weighted by atomic mass is 35.5. The average Bonchev–Trinajstić information content (AvgIpc) is 2.81. The molecule has 2 rings (SSSR count). The quantitative estimate of drug-likeness (QED) is 0.562. The maximum Gasteiger partial charge on any atom is 0.270 e. The summed E-state index contributed by atoms with van der Waals surface area (Å²) >= 11 is 5.87. The number of carbonyl (C=O) groups is 1. The van der Waals surface area contributed by atoms with Crippen molar-refractivity contribution in [3.05, 3.63) is 38.9 Å². The SMILES string of the molecule is Cl.O=C(NCC1CNCC1O)c1ccc([N+](=O)[O-])cc1Cl. The Bertz CT molecular complexity index is 541. The summed E-state index contributed by atoms with van der Waals surface area (Å²) in [6, 6.07) is 3.69. The van der Waals surface area contributed by atoms with Crippen molar-refractivity contribution in [1.82, 2.24) is 10.6 Å². The van der Waals surface area contributed by atoms with E-state index in [4.69, 9.17) is 11.6 Å². The van der Waals surface area contributed by atoms with Gasteiger partial charge in [0.15, 0.2) is 0 Å². The lowest BCUT2D eigenvalue weighted by Crippen LogP contribution is -2.34. The van der Waals surface area contributed by atoms with E-state index >= 15 is 0 Å². The standard InChI is InChI=1S/C12H14ClN3O4.ClH/c13-10-3-8(16(19)20)1-2-9(10)12(18)15-5-7-4-14-6-11(7)17;/h1-3,7,11,14,17H,4-6H2,(H,15,18);1H. The van der Waals surface area contributed by atoms with Crippen LogP contribution in [0.4, 0.5) is 5.69 Å². The minimum Gasteiger partial charge on any atom is -0.391 e. The predicted molar refractivity (Wildman–Crippen MR) is 80.1 cm³/mol. The van der Waals surface area contributed by atoms with Crippen LogP contribution in [0.2, 0.25) is 5.02 Å². The lowest BCUT2D eigenvalue weighted by Gasteiger charge is -2.14. The van der Waals surface area contributed by atoms with Gasteiger partial charge in [0, 0.05) is 37.7 Å². The second-order valence-electron chi connectivity index (χ2n) is 4.62. The number of hydrogen-bond acceptors (Lipinski definition) is 5. The van der Waals surface area contributed by atoms with Gasteiger partial charge in [0.1, 0.15) is 0 Å². The number of nitro groups is 1. The normalized spacial score (nSPS) is 20.7. The molecular formula is C12H15Cl2N3O4. The van der Waals surface area contributed by atoms with Crippen LogP contribution < -0.4 is 10.6 Å². The van der Waals surface area contributed by atoms with Crippen molar-refractivity contribution in [2.45, 2.75) is 6.10 Å². The summed E-state index contributed by atoms with van der Waals surface area (Å²) in [6.45, 7) is 1.47. The van der Waals surface area contributed by atoms with E-state index in [1.165, 1.54) is 12.1 Å². The molecule has 0 bridgehead atoms. The Balaban J connectivity index is 0.00000220. The Kier molecular flexibility index (Phi) is 6.35. The molecule has 0 aromatic heterocycles. The van der Waals surface area contributed by atoms with Crippen molar-refractivity contribution in [2.24, 2.45) is 5.92 Å². The first kappa shape index (κ1) is 17.6. The third-order valence-corrected chi connectivity index (χ3v) is 3.55. The first-order valence-corrected chi connectivity index (χ1v) is 6.47. The van der Waals surface area contributed by atoms with Crippen molar-refractivity contribution in [2.75, 3.05) is 19.6 Å². The van der Waals surface area contributed by atoms with E-state index in [1.807, 2.05) is 0 Å². The third kappa shape index (κ3) is 4.28. The molecule has 0 saturated carbocycles. The number of β-amino-alcohol motifs (C(OH)–C–C–N with tert-alkyl or cyclic N) is 1. The Morgan fingerprint density at radius 1 is 1.52 bits per heavy atom. The number of aliphatic hydroxyl groups is 1. The van der Waals surface area contributed by atoms with Crippen LogP contribution in [0.5, 0.6) is 0 Å². The molecule has 1 aliphatic heterocycles. The summed E-state index contributed by atoms with van der Waals surface area (Å²) in [5.41, 5.74) is 0.0136. The molecule has 0 aliphatic carbocycles. The summed E-state index contributed by atoms with van der Waals surface area (Å²) < 4.78 is 0. The summed E-state index contributed by atoms with van der Waals surface area (Å²) in [6.07, 6.45) is -0.484. The highest BCUT2D eigenvalue weighted by molar-refractivity contribution is 6.34. The number of amides is 1. The van der Waals surface area contributed by atoms with Crippen LogP contribution in [0.1, 0.15) is 10.4 Å². The van der Waals surface area contributed by atoms with E-state index in [0.717, 1.165) is 6.07 Å². The van der Waals surface area contributed by atoms with Gasteiger partial charge >= 0.3 is 0 Å². The average molecular weight is 336 g/mol. The zero-order chi connectivity index (χ0) is 14.7. The molecular weight excluding hydrogens is 321 g/mol. The van der Waals surface area contributed by atoms with E-state index in [-0.39, 0.29) is 34.6 Å². The number of aliphatic hydroxyl groups excluding tert-OH is 1. The molecule has 1 aliphatic rings. The molecule has 1 amide bonds. The second-order valence-corrected chi connectivity index (χ2v) is 5.02. The maximum atomic E-state index is 11.9. The molecule has 9 heteroatoms. The van der Waals surface area contributed by atoms with Gasteiger partial charge in [-0.2, -0.15) is 0 Å². The van der Waals surface area contributed by atoms with E-state index in [0.29, 0.717) is 19.6 Å². The maximum absolute atomic E-state index is 11.9. The summed E-state index contributed by atoms with van der Waals surface area (Å²) in [7, 11) is 0. The first-order valence-electron chi connectivity index (χ1n) is 6.10. The highest BCUT2D eigenvalue weighted by Gasteiger charge is 2.25. The number of hydrogen-bond donors (Lipinski definition) is 3. The molecule has 2 unspecified atom stereocenters. The molecule has 1 heterocycles. The Labute approximate surface area is 132 Å². The van der Waals surface area contributed by atoms with Gasteiger partial charge in [-0.25, -0.2) is 0 Å². The Hall–Kier alpha value is -1.41. The lowest BCUT2D eigenvalue weighted by molar-refractivity contribution is -0.384. The smallest absolute Gasteiger partial charge is 0.270 e. The summed E-state index contributed by atoms with van der Waals surface area (Å²) in [4.78, 5) is 21.9. The van der Waals surface area contributed by atoms with Crippen molar-refractivity contribution in [3.8, 4) is 0 Å². The van der Waals surface area contributed by atoms with E-state index < -0.39 is 16.9 Å². The Morgan fingerprint density at radius 3 is 2.76 bits per heavy atom. The number of rotatable bonds is 4. The summed E-state index contributed by atoms with van der Waals surface area (Å²) in [5.74, 6) is -0.459. The van der Waals surface area contributed by atoms with E-state index in [1.54, 1.807) is 0 Å². The van der Waals surface area contributed by atoms with Gasteiger partial charge in [-0.3, -0.25) is 14.9 Å². The fourth-order valence-electron chi connectivity index (χ4n) is 2.05. The minimum atomic E-state index is -0.575. The van der Waals surface area contributed by atoms with Gasteiger partial charge < -0.3 is 15.7 Å². The number of carbonyl (C=O) groups excluding carboxylic acids is 1. The predicted octanol–water partition coefficient (Wildman–Crippen LogP) is 0.980. The second kappa shape index (κ2) is 7.56. The fraction of sp³-hybridized carbons (Fsp3) is 0.417. The van der Waals surface area contributed by atoms with Gasteiger partial charge in [0.2, 0.25) is 0 Å². The van der Waals surface area contributed by atoms with Crippen LogP contribution in [-0.2, 0) is 0 Å². The summed E-state index contributed by atoms with van der Waals surface area (Å²) in [5, 5.41) is 25.9. The fourth-order valence-corrected chi connectivity index (χ4v) is 2.31. The van der Waals surface area contributed by atoms with Crippen LogP contribution in [-0.4, -0.2) is 41.7 Å². The Morgan fingerprint density at radius 2 is 2.24 bits per heavy atom. The van der Waals surface area contributed by atoms with Crippen LogP contribution in [0, 0.1) is 16.0 Å². The number of halogens is 2. The van der Waals surface area contributed by atoms with Crippen LogP contribution >= 0.6 is 24.0 Å². The lowest BCUT2D eigenvalue weighted by atomic mass is 10.1. The first-order chi connectivity index (χ1) is 9.49. The minimum absolute atomic E-state index is 0. The van der Waals surface area contributed by atoms with Crippen LogP contribution in [0.3, 0.4) is 0 Å². The molecule has 1 aromatic carbocycles. The van der Waals surface area contributed by atoms with E-state index in [9.17, 15) is 20.0 Å². The molecule has 3 N–H and O–H groups in total. The van der Waals surface area contributed by atoms with Gasteiger partial charge in [0.25, 0.3) is 11.6 Å².